The maximum atomic E-state index is 13.0. The van der Waals surface area contributed by atoms with Crippen LogP contribution in [0.15, 0.2) is 18.3 Å². The molecule has 1 aromatic heterocycles. The highest BCUT2D eigenvalue weighted by atomic mass is 16.5. The van der Waals surface area contributed by atoms with Crippen molar-refractivity contribution in [2.45, 2.75) is 47.1 Å². The van der Waals surface area contributed by atoms with Gasteiger partial charge in [-0.05, 0) is 31.4 Å². The summed E-state index contributed by atoms with van der Waals surface area (Å²) in [7, 11) is 1.95. The first kappa shape index (κ1) is 24.5. The minimum absolute atomic E-state index is 0.0220. The van der Waals surface area contributed by atoms with Crippen LogP contribution in [0.1, 0.15) is 46.2 Å². The van der Waals surface area contributed by atoms with Crippen LogP contribution in [0.25, 0.3) is 0 Å². The molecule has 8 nitrogen and oxygen atoms in total. The van der Waals surface area contributed by atoms with E-state index in [1.807, 2.05) is 36.9 Å². The maximum Gasteiger partial charge on any atom is 0.325 e. The summed E-state index contributed by atoms with van der Waals surface area (Å²) in [5.74, 6) is -0.295. The molecule has 0 aliphatic rings. The van der Waals surface area contributed by atoms with E-state index in [4.69, 9.17) is 4.74 Å². The van der Waals surface area contributed by atoms with E-state index in [1.54, 1.807) is 11.8 Å². The van der Waals surface area contributed by atoms with Gasteiger partial charge in [0.05, 0.1) is 13.2 Å². The van der Waals surface area contributed by atoms with Crippen molar-refractivity contribution >= 4 is 17.9 Å². The number of hydrogen-bond acceptors (Lipinski definition) is 4. The molecule has 0 spiro atoms. The van der Waals surface area contributed by atoms with E-state index in [-0.39, 0.29) is 25.6 Å². The van der Waals surface area contributed by atoms with Crippen molar-refractivity contribution in [3.63, 3.8) is 0 Å². The zero-order chi connectivity index (χ0) is 21.8. The first-order valence-corrected chi connectivity index (χ1v) is 10.3. The van der Waals surface area contributed by atoms with Gasteiger partial charge < -0.3 is 24.4 Å². The first-order valence-electron chi connectivity index (χ1n) is 10.3. The number of nitrogens with one attached hydrogen (secondary N) is 1. The van der Waals surface area contributed by atoms with Crippen LogP contribution < -0.4 is 5.32 Å². The Balaban J connectivity index is 2.81. The minimum Gasteiger partial charge on any atom is -0.465 e. The van der Waals surface area contributed by atoms with E-state index in [9.17, 15) is 14.4 Å². The van der Waals surface area contributed by atoms with Crippen molar-refractivity contribution in [2.75, 3.05) is 32.8 Å². The highest BCUT2D eigenvalue weighted by Gasteiger charge is 2.23. The molecule has 0 saturated heterocycles. The third kappa shape index (κ3) is 9.02. The van der Waals surface area contributed by atoms with Crippen LogP contribution >= 0.6 is 0 Å². The van der Waals surface area contributed by atoms with Crippen LogP contribution in [0.3, 0.4) is 0 Å². The number of unbranched alkanes of at least 4 members (excludes halogenated alkanes) is 1. The summed E-state index contributed by atoms with van der Waals surface area (Å²) in [4.78, 5) is 40.4. The number of aryl methyl sites for hydroxylation is 1. The van der Waals surface area contributed by atoms with Gasteiger partial charge in [-0.3, -0.25) is 9.59 Å². The molecule has 0 bridgehead atoms. The highest BCUT2D eigenvalue weighted by Crippen LogP contribution is 2.10. The lowest BCUT2D eigenvalue weighted by molar-refractivity contribution is -0.141. The van der Waals surface area contributed by atoms with Crippen molar-refractivity contribution in [1.82, 2.24) is 19.7 Å². The van der Waals surface area contributed by atoms with Crippen molar-refractivity contribution < 1.29 is 19.1 Å². The number of rotatable bonds is 12. The molecule has 0 fully saturated rings. The van der Waals surface area contributed by atoms with E-state index in [0.29, 0.717) is 25.6 Å². The van der Waals surface area contributed by atoms with Crippen molar-refractivity contribution in [3.05, 3.63) is 24.0 Å². The van der Waals surface area contributed by atoms with Crippen molar-refractivity contribution in [1.29, 1.82) is 0 Å². The molecule has 0 saturated carbocycles. The minimum atomic E-state index is -0.493. The number of aromatic nitrogens is 1. The molecule has 3 amide bonds. The third-order valence-electron chi connectivity index (χ3n) is 4.43. The van der Waals surface area contributed by atoms with Gasteiger partial charge in [-0.2, -0.15) is 0 Å². The molecule has 0 atom stereocenters. The van der Waals surface area contributed by atoms with Crippen molar-refractivity contribution in [3.8, 4) is 0 Å². The Morgan fingerprint density at radius 2 is 1.93 bits per heavy atom. The zero-order valence-corrected chi connectivity index (χ0v) is 18.4. The van der Waals surface area contributed by atoms with E-state index in [2.05, 4.69) is 19.2 Å². The first-order chi connectivity index (χ1) is 13.8. The topological polar surface area (TPSA) is 83.9 Å². The monoisotopic (exact) mass is 408 g/mol. The lowest BCUT2D eigenvalue weighted by Crippen LogP contribution is -2.48. The second-order valence-corrected chi connectivity index (χ2v) is 7.52. The predicted molar refractivity (Wildman–Crippen MR) is 112 cm³/mol. The molecule has 1 rings (SSSR count). The van der Waals surface area contributed by atoms with E-state index < -0.39 is 12.0 Å². The SMILES string of the molecule is CCCCN(CC(=O)N(Cc1cccn1C)CC(C)C)C(=O)NCC(=O)OCC. The van der Waals surface area contributed by atoms with Crippen LogP contribution in [0, 0.1) is 5.92 Å². The number of amides is 3. The standard InChI is InChI=1S/C21H36N4O4/c1-6-8-12-24(21(28)22-13-20(27)29-7-2)16-19(26)25(14-17(3)4)15-18-10-9-11-23(18)5/h9-11,17H,6-8,12-16H2,1-5H3,(H,22,28). The Morgan fingerprint density at radius 3 is 2.48 bits per heavy atom. The molecule has 1 aromatic rings. The normalized spacial score (nSPS) is 10.7. The van der Waals surface area contributed by atoms with Gasteiger partial charge in [-0.25, -0.2) is 4.79 Å². The number of urea groups is 1. The molecule has 8 heteroatoms. The van der Waals surface area contributed by atoms with Gasteiger partial charge in [-0.1, -0.05) is 27.2 Å². The Kier molecular flexibility index (Phi) is 10.9. The van der Waals surface area contributed by atoms with Crippen LogP contribution in [0.2, 0.25) is 0 Å². The molecule has 164 valence electrons. The molecule has 0 radical (unpaired) electrons. The molecule has 0 aromatic carbocycles. The Hall–Kier alpha value is -2.51. The number of carbonyl (C=O) groups is 3. The second-order valence-electron chi connectivity index (χ2n) is 7.52. The lowest BCUT2D eigenvalue weighted by Gasteiger charge is -2.29. The molecule has 0 aliphatic heterocycles. The molecule has 1 heterocycles. The summed E-state index contributed by atoms with van der Waals surface area (Å²) in [5, 5.41) is 2.55. The number of carbonyl (C=O) groups excluding carboxylic acids is 3. The molecule has 1 N–H and O–H groups in total. The van der Waals surface area contributed by atoms with Gasteiger partial charge >= 0.3 is 12.0 Å². The summed E-state index contributed by atoms with van der Waals surface area (Å²) >= 11 is 0. The Labute approximate surface area is 174 Å². The summed E-state index contributed by atoms with van der Waals surface area (Å²) in [6.07, 6.45) is 3.63. The number of hydrogen-bond donors (Lipinski definition) is 1. The average molecular weight is 409 g/mol. The summed E-state index contributed by atoms with van der Waals surface area (Å²) in [5.41, 5.74) is 1.03. The second kappa shape index (κ2) is 12.9. The molecule has 0 aliphatic carbocycles. The van der Waals surface area contributed by atoms with Gasteiger partial charge in [0.2, 0.25) is 5.91 Å². The molecular formula is C21H36N4O4. The molecule has 0 unspecified atom stereocenters. The fourth-order valence-electron chi connectivity index (χ4n) is 2.89. The summed E-state index contributed by atoms with van der Waals surface area (Å²) < 4.78 is 6.82. The quantitative estimate of drug-likeness (QED) is 0.538. The van der Waals surface area contributed by atoms with Crippen molar-refractivity contribution in [2.24, 2.45) is 13.0 Å². The molecule has 29 heavy (non-hydrogen) atoms. The molecular weight excluding hydrogens is 372 g/mol. The number of ether oxygens (including phenoxy) is 1. The van der Waals surface area contributed by atoms with Gasteiger partial charge in [0, 0.05) is 32.0 Å². The van der Waals surface area contributed by atoms with E-state index in [0.717, 1.165) is 18.5 Å². The fraction of sp³-hybridized carbons (Fsp3) is 0.667. The number of nitrogens with zero attached hydrogens (tertiary/aromatic N) is 3. The third-order valence-corrected chi connectivity index (χ3v) is 4.43. The smallest absolute Gasteiger partial charge is 0.325 e. The van der Waals surface area contributed by atoms with Gasteiger partial charge in [0.15, 0.2) is 0 Å². The van der Waals surface area contributed by atoms with Gasteiger partial charge in [-0.15, -0.1) is 0 Å². The summed E-state index contributed by atoms with van der Waals surface area (Å²) in [6.45, 7) is 9.45. The van der Waals surface area contributed by atoms with Gasteiger partial charge in [0.1, 0.15) is 13.1 Å². The lowest BCUT2D eigenvalue weighted by atomic mass is 10.2. The van der Waals surface area contributed by atoms with E-state index >= 15 is 0 Å². The van der Waals surface area contributed by atoms with Crippen LogP contribution in [0.5, 0.6) is 0 Å². The largest absolute Gasteiger partial charge is 0.465 e. The summed E-state index contributed by atoms with van der Waals surface area (Å²) in [6, 6.07) is 3.51. The average Bonchev–Trinajstić information content (AvgIpc) is 3.07. The predicted octanol–water partition coefficient (Wildman–Crippen LogP) is 2.38. The Bertz CT molecular complexity index is 657. The highest BCUT2D eigenvalue weighted by molar-refractivity contribution is 5.86. The van der Waals surface area contributed by atoms with Crippen LogP contribution in [-0.4, -0.2) is 65.1 Å². The van der Waals surface area contributed by atoms with Gasteiger partial charge in [0.25, 0.3) is 0 Å². The van der Waals surface area contributed by atoms with Crippen LogP contribution in [-0.2, 0) is 27.9 Å². The van der Waals surface area contributed by atoms with E-state index in [1.165, 1.54) is 4.90 Å². The zero-order valence-electron chi connectivity index (χ0n) is 18.4. The van der Waals surface area contributed by atoms with Crippen LogP contribution in [0.4, 0.5) is 4.79 Å². The number of esters is 1. The maximum absolute atomic E-state index is 13.0. The Morgan fingerprint density at radius 1 is 1.21 bits per heavy atom. The fourth-order valence-corrected chi connectivity index (χ4v) is 2.89.